The summed E-state index contributed by atoms with van der Waals surface area (Å²) in [6.45, 7) is 7.49. The highest BCUT2D eigenvalue weighted by Crippen LogP contribution is 2.25. The van der Waals surface area contributed by atoms with Crippen molar-refractivity contribution < 1.29 is 19.1 Å². The lowest BCUT2D eigenvalue weighted by Gasteiger charge is -2.35. The van der Waals surface area contributed by atoms with Crippen LogP contribution in [-0.4, -0.2) is 47.0 Å². The molecule has 2 aromatic carbocycles. The van der Waals surface area contributed by atoms with Gasteiger partial charge in [-0.15, -0.1) is 0 Å². The van der Waals surface area contributed by atoms with E-state index in [2.05, 4.69) is 10.6 Å². The zero-order valence-corrected chi connectivity index (χ0v) is 22.5. The van der Waals surface area contributed by atoms with Crippen LogP contribution in [0.2, 0.25) is 0 Å². The molecule has 0 aliphatic heterocycles. The molecule has 0 bridgehead atoms. The van der Waals surface area contributed by atoms with Gasteiger partial charge in [0.2, 0.25) is 11.8 Å². The number of carbonyl (C=O) groups is 3. The Hall–Kier alpha value is -3.35. The Morgan fingerprint density at radius 1 is 0.946 bits per heavy atom. The monoisotopic (exact) mass is 507 g/mol. The van der Waals surface area contributed by atoms with E-state index in [1.807, 2.05) is 67.6 Å². The summed E-state index contributed by atoms with van der Waals surface area (Å²) in [6, 6.07) is 17.3. The smallest absolute Gasteiger partial charge is 0.408 e. The molecule has 0 spiro atoms. The number of hydrogen-bond acceptors (Lipinski definition) is 4. The number of nitrogens with zero attached hydrogens (tertiary/aromatic N) is 1. The first-order valence-electron chi connectivity index (χ1n) is 13.4. The highest BCUT2D eigenvalue weighted by atomic mass is 16.6. The molecule has 0 aromatic heterocycles. The van der Waals surface area contributed by atoms with Gasteiger partial charge in [-0.1, -0.05) is 79.9 Å². The van der Waals surface area contributed by atoms with Crippen LogP contribution in [0.15, 0.2) is 60.7 Å². The van der Waals surface area contributed by atoms with Crippen molar-refractivity contribution >= 4 is 17.9 Å². The molecule has 200 valence electrons. The number of ether oxygens (including phenoxy) is 1. The molecule has 37 heavy (non-hydrogen) atoms. The Kier molecular flexibility index (Phi) is 10.1. The van der Waals surface area contributed by atoms with Gasteiger partial charge < -0.3 is 20.3 Å². The molecule has 3 rings (SSSR count). The molecule has 0 radical (unpaired) electrons. The molecule has 0 heterocycles. The van der Waals surface area contributed by atoms with Crippen molar-refractivity contribution in [2.75, 3.05) is 6.54 Å². The summed E-state index contributed by atoms with van der Waals surface area (Å²) in [4.78, 5) is 42.1. The molecule has 2 aromatic rings. The second-order valence-electron chi connectivity index (χ2n) is 10.7. The minimum absolute atomic E-state index is 0.112. The van der Waals surface area contributed by atoms with Crippen molar-refractivity contribution in [3.63, 3.8) is 0 Å². The third kappa shape index (κ3) is 8.62. The van der Waals surface area contributed by atoms with Gasteiger partial charge in [0.15, 0.2) is 0 Å². The maximum atomic E-state index is 14.1. The van der Waals surface area contributed by atoms with Crippen molar-refractivity contribution in [1.82, 2.24) is 15.5 Å². The average Bonchev–Trinajstić information content (AvgIpc) is 2.87. The van der Waals surface area contributed by atoms with Crippen molar-refractivity contribution in [3.05, 3.63) is 71.8 Å². The van der Waals surface area contributed by atoms with E-state index in [1.165, 1.54) is 6.42 Å². The van der Waals surface area contributed by atoms with Gasteiger partial charge in [-0.25, -0.2) is 4.79 Å². The van der Waals surface area contributed by atoms with Crippen LogP contribution in [0.3, 0.4) is 0 Å². The van der Waals surface area contributed by atoms with E-state index in [0.717, 1.165) is 36.8 Å². The Bertz CT molecular complexity index is 1010. The Balaban J connectivity index is 1.90. The van der Waals surface area contributed by atoms with Crippen LogP contribution in [-0.2, 0) is 20.7 Å². The van der Waals surface area contributed by atoms with Gasteiger partial charge in [0.25, 0.3) is 0 Å². The molecular formula is C30H41N3O4. The molecule has 2 atom stereocenters. The third-order valence-corrected chi connectivity index (χ3v) is 6.52. The summed E-state index contributed by atoms with van der Waals surface area (Å²) < 4.78 is 5.46. The predicted molar refractivity (Wildman–Crippen MR) is 145 cm³/mol. The number of likely N-dealkylation sites (N-methyl/N-ethyl adjacent to an activating group) is 1. The molecule has 1 fully saturated rings. The number of nitrogens with one attached hydrogen (secondary N) is 2. The molecule has 1 aliphatic rings. The lowest BCUT2D eigenvalue weighted by atomic mass is 9.94. The number of alkyl carbamates (subject to hydrolysis) is 1. The molecule has 7 heteroatoms. The summed E-state index contributed by atoms with van der Waals surface area (Å²) in [5.41, 5.74) is 0.930. The first kappa shape index (κ1) is 28.2. The maximum Gasteiger partial charge on any atom is 0.408 e. The van der Waals surface area contributed by atoms with E-state index in [-0.39, 0.29) is 24.3 Å². The molecule has 1 saturated carbocycles. The van der Waals surface area contributed by atoms with E-state index < -0.39 is 23.8 Å². The van der Waals surface area contributed by atoms with E-state index in [9.17, 15) is 14.4 Å². The van der Waals surface area contributed by atoms with Gasteiger partial charge in [-0.05, 0) is 51.7 Å². The van der Waals surface area contributed by atoms with Crippen LogP contribution in [0.1, 0.15) is 77.0 Å². The fourth-order valence-corrected chi connectivity index (χ4v) is 4.80. The summed E-state index contributed by atoms with van der Waals surface area (Å²) in [6.07, 6.45) is 4.88. The van der Waals surface area contributed by atoms with Crippen LogP contribution in [0.4, 0.5) is 4.79 Å². The fraction of sp³-hybridized carbons (Fsp3) is 0.500. The standard InChI is InChI=1S/C30H41N3O4/c1-5-33(26(23-17-11-7-12-18-23)27(34)31-24-19-13-8-14-20-24)28(35)25(21-22-15-9-6-10-16-22)32-29(36)37-30(2,3)4/h6-7,9-12,15-18,24-26H,5,8,13-14,19-21H2,1-4H3,(H,31,34)(H,32,36). The highest BCUT2D eigenvalue weighted by Gasteiger charge is 2.36. The highest BCUT2D eigenvalue weighted by molar-refractivity contribution is 5.92. The molecule has 2 N–H and O–H groups in total. The first-order chi connectivity index (χ1) is 17.7. The molecule has 1 aliphatic carbocycles. The number of carbonyl (C=O) groups excluding carboxylic acids is 3. The minimum Gasteiger partial charge on any atom is -0.444 e. The topological polar surface area (TPSA) is 87.7 Å². The zero-order valence-electron chi connectivity index (χ0n) is 22.5. The largest absolute Gasteiger partial charge is 0.444 e. The zero-order chi connectivity index (χ0) is 26.8. The quantitative estimate of drug-likeness (QED) is 0.491. The van der Waals surface area contributed by atoms with Gasteiger partial charge in [0.05, 0.1) is 0 Å². The van der Waals surface area contributed by atoms with Crippen molar-refractivity contribution in [3.8, 4) is 0 Å². The molecule has 7 nitrogen and oxygen atoms in total. The normalized spacial score (nSPS) is 15.8. The van der Waals surface area contributed by atoms with E-state index in [4.69, 9.17) is 4.74 Å². The van der Waals surface area contributed by atoms with Crippen molar-refractivity contribution in [2.45, 2.75) is 89.9 Å². The second-order valence-corrected chi connectivity index (χ2v) is 10.7. The van der Waals surface area contributed by atoms with Crippen LogP contribution < -0.4 is 10.6 Å². The minimum atomic E-state index is -0.897. The van der Waals surface area contributed by atoms with Crippen LogP contribution in [0.5, 0.6) is 0 Å². The summed E-state index contributed by atoms with van der Waals surface area (Å²) in [7, 11) is 0. The molecule has 3 amide bonds. The van der Waals surface area contributed by atoms with Gasteiger partial charge in [0.1, 0.15) is 17.7 Å². The van der Waals surface area contributed by atoms with E-state index in [0.29, 0.717) is 6.54 Å². The Morgan fingerprint density at radius 2 is 1.54 bits per heavy atom. The van der Waals surface area contributed by atoms with Crippen LogP contribution in [0.25, 0.3) is 0 Å². The van der Waals surface area contributed by atoms with E-state index in [1.54, 1.807) is 25.7 Å². The number of hydrogen-bond donors (Lipinski definition) is 2. The van der Waals surface area contributed by atoms with Gasteiger partial charge in [0, 0.05) is 19.0 Å². The predicted octanol–water partition coefficient (Wildman–Crippen LogP) is 5.16. The van der Waals surface area contributed by atoms with Gasteiger partial charge in [-0.2, -0.15) is 0 Å². The number of benzene rings is 2. The Labute approximate surface area is 221 Å². The Morgan fingerprint density at radius 3 is 2.11 bits per heavy atom. The van der Waals surface area contributed by atoms with Crippen LogP contribution >= 0.6 is 0 Å². The van der Waals surface area contributed by atoms with Gasteiger partial charge in [-0.3, -0.25) is 9.59 Å². The second kappa shape index (κ2) is 13.3. The molecular weight excluding hydrogens is 466 g/mol. The SMILES string of the molecule is CCN(C(=O)C(Cc1ccccc1)NC(=O)OC(C)(C)C)C(C(=O)NC1CCCCC1)c1ccccc1. The number of amides is 3. The lowest BCUT2D eigenvalue weighted by molar-refractivity contribution is -0.142. The summed E-state index contributed by atoms with van der Waals surface area (Å²) in [5.74, 6) is -0.520. The first-order valence-corrected chi connectivity index (χ1v) is 13.4. The van der Waals surface area contributed by atoms with Gasteiger partial charge >= 0.3 is 6.09 Å². The maximum absolute atomic E-state index is 14.1. The summed E-state index contributed by atoms with van der Waals surface area (Å²) >= 11 is 0. The average molecular weight is 508 g/mol. The molecule has 2 unspecified atom stereocenters. The third-order valence-electron chi connectivity index (χ3n) is 6.52. The van der Waals surface area contributed by atoms with Crippen LogP contribution in [0, 0.1) is 0 Å². The van der Waals surface area contributed by atoms with E-state index >= 15 is 0 Å². The molecule has 0 saturated heterocycles. The number of rotatable bonds is 9. The summed E-state index contributed by atoms with van der Waals surface area (Å²) in [5, 5.41) is 5.98. The lowest BCUT2D eigenvalue weighted by Crippen LogP contribution is -2.54. The fourth-order valence-electron chi connectivity index (χ4n) is 4.80. The van der Waals surface area contributed by atoms with Crippen molar-refractivity contribution in [1.29, 1.82) is 0 Å². The van der Waals surface area contributed by atoms with Crippen molar-refractivity contribution in [2.24, 2.45) is 0 Å².